The molecule has 0 unspecified atom stereocenters. The Morgan fingerprint density at radius 1 is 1.31 bits per heavy atom. The van der Waals surface area contributed by atoms with E-state index in [2.05, 4.69) is 26.5 Å². The quantitative estimate of drug-likeness (QED) is 0.422. The summed E-state index contributed by atoms with van der Waals surface area (Å²) >= 11 is 3.11. The number of nitro benzene ring substituents is 1. The standard InChI is InChI=1S/C17H16BrN3O5/c1-10-3-11(2)5-14(4-10)26-9-16(22)20-19-8-12-6-13(18)7-15(17(12)23)21(24)25/h3-8,23H,9H2,1-2H3,(H,20,22)/b19-8+. The molecule has 0 aliphatic rings. The fourth-order valence-corrected chi connectivity index (χ4v) is 2.68. The predicted molar refractivity (Wildman–Crippen MR) is 99.6 cm³/mol. The largest absolute Gasteiger partial charge is 0.502 e. The van der Waals surface area contributed by atoms with Crippen LogP contribution in [0.25, 0.3) is 0 Å². The van der Waals surface area contributed by atoms with E-state index in [4.69, 9.17) is 4.74 Å². The average Bonchev–Trinajstić information content (AvgIpc) is 2.54. The number of nitro groups is 1. The lowest BCUT2D eigenvalue weighted by Gasteiger charge is -2.07. The molecule has 8 nitrogen and oxygen atoms in total. The molecule has 26 heavy (non-hydrogen) atoms. The first kappa shape index (κ1) is 19.4. The van der Waals surface area contributed by atoms with Gasteiger partial charge in [0.15, 0.2) is 6.61 Å². The Morgan fingerprint density at radius 3 is 2.58 bits per heavy atom. The maximum absolute atomic E-state index is 11.8. The minimum absolute atomic E-state index is 0.0848. The van der Waals surface area contributed by atoms with Crippen molar-refractivity contribution in [1.82, 2.24) is 5.43 Å². The molecule has 2 aromatic rings. The van der Waals surface area contributed by atoms with Crippen molar-refractivity contribution in [1.29, 1.82) is 0 Å². The van der Waals surface area contributed by atoms with Crippen molar-refractivity contribution < 1.29 is 19.6 Å². The molecule has 0 fully saturated rings. The highest BCUT2D eigenvalue weighted by molar-refractivity contribution is 9.10. The van der Waals surface area contributed by atoms with Gasteiger partial charge in [0.2, 0.25) is 5.75 Å². The Kier molecular flexibility index (Phi) is 6.29. The number of benzene rings is 2. The summed E-state index contributed by atoms with van der Waals surface area (Å²) in [6.45, 7) is 3.60. The Morgan fingerprint density at radius 2 is 1.96 bits per heavy atom. The van der Waals surface area contributed by atoms with Gasteiger partial charge in [-0.1, -0.05) is 22.0 Å². The van der Waals surface area contributed by atoms with Crippen molar-refractivity contribution in [2.75, 3.05) is 6.61 Å². The van der Waals surface area contributed by atoms with Crippen LogP contribution in [0.5, 0.6) is 11.5 Å². The van der Waals surface area contributed by atoms with Gasteiger partial charge in [-0.25, -0.2) is 5.43 Å². The number of carbonyl (C=O) groups is 1. The number of ether oxygens (including phenoxy) is 1. The number of phenols is 1. The number of phenolic OH excluding ortho intramolecular Hbond substituents is 1. The second kappa shape index (κ2) is 8.43. The highest BCUT2D eigenvalue weighted by Crippen LogP contribution is 2.32. The lowest BCUT2D eigenvalue weighted by molar-refractivity contribution is -0.385. The molecule has 0 radical (unpaired) electrons. The molecular weight excluding hydrogens is 406 g/mol. The molecular formula is C17H16BrN3O5. The summed E-state index contributed by atoms with van der Waals surface area (Å²) in [6, 6.07) is 8.21. The van der Waals surface area contributed by atoms with Crippen molar-refractivity contribution in [2.24, 2.45) is 5.10 Å². The molecule has 2 N–H and O–H groups in total. The number of hydrazone groups is 1. The fourth-order valence-electron chi connectivity index (χ4n) is 2.21. The van der Waals surface area contributed by atoms with Crippen LogP contribution >= 0.6 is 15.9 Å². The zero-order valence-electron chi connectivity index (χ0n) is 14.0. The number of aryl methyl sites for hydroxylation is 2. The molecule has 0 saturated heterocycles. The highest BCUT2D eigenvalue weighted by atomic mass is 79.9. The van der Waals surface area contributed by atoms with E-state index in [0.717, 1.165) is 17.3 Å². The van der Waals surface area contributed by atoms with E-state index in [1.807, 2.05) is 32.0 Å². The number of nitrogens with one attached hydrogen (secondary N) is 1. The summed E-state index contributed by atoms with van der Waals surface area (Å²) in [5.41, 5.74) is 3.89. The summed E-state index contributed by atoms with van der Waals surface area (Å²) in [7, 11) is 0. The van der Waals surface area contributed by atoms with E-state index in [1.54, 1.807) is 0 Å². The zero-order chi connectivity index (χ0) is 19.3. The van der Waals surface area contributed by atoms with Crippen LogP contribution in [0.3, 0.4) is 0 Å². The number of carbonyl (C=O) groups excluding carboxylic acids is 1. The third-order valence-electron chi connectivity index (χ3n) is 3.24. The first-order chi connectivity index (χ1) is 12.3. The fraction of sp³-hybridized carbons (Fsp3) is 0.176. The molecule has 0 spiro atoms. The monoisotopic (exact) mass is 421 g/mol. The van der Waals surface area contributed by atoms with Crippen LogP contribution in [0, 0.1) is 24.0 Å². The molecule has 0 atom stereocenters. The molecule has 2 rings (SSSR count). The van der Waals surface area contributed by atoms with E-state index >= 15 is 0 Å². The molecule has 0 saturated carbocycles. The first-order valence-corrected chi connectivity index (χ1v) is 8.25. The van der Waals surface area contributed by atoms with Crippen LogP contribution < -0.4 is 10.2 Å². The third-order valence-corrected chi connectivity index (χ3v) is 3.70. The number of rotatable bonds is 6. The van der Waals surface area contributed by atoms with Gasteiger partial charge < -0.3 is 9.84 Å². The van der Waals surface area contributed by atoms with Gasteiger partial charge >= 0.3 is 5.69 Å². The highest BCUT2D eigenvalue weighted by Gasteiger charge is 2.17. The molecule has 0 bridgehead atoms. The Balaban J connectivity index is 1.98. The molecule has 0 heterocycles. The van der Waals surface area contributed by atoms with Crippen LogP contribution in [0.15, 0.2) is 39.9 Å². The van der Waals surface area contributed by atoms with Gasteiger partial charge in [-0.15, -0.1) is 0 Å². The molecule has 0 aromatic heterocycles. The van der Waals surface area contributed by atoms with Crippen molar-refractivity contribution in [3.63, 3.8) is 0 Å². The van der Waals surface area contributed by atoms with E-state index < -0.39 is 22.3 Å². The SMILES string of the molecule is Cc1cc(C)cc(OCC(=O)N/N=C/c2cc(Br)cc([N+](=O)[O-])c2O)c1. The summed E-state index contributed by atoms with van der Waals surface area (Å²) in [5.74, 6) is -0.478. The smallest absolute Gasteiger partial charge is 0.312 e. The number of aromatic hydroxyl groups is 1. The number of hydrogen-bond donors (Lipinski definition) is 2. The van der Waals surface area contributed by atoms with Gasteiger partial charge in [-0.2, -0.15) is 5.10 Å². The zero-order valence-corrected chi connectivity index (χ0v) is 15.6. The minimum Gasteiger partial charge on any atom is -0.502 e. The van der Waals surface area contributed by atoms with Crippen LogP contribution in [-0.2, 0) is 4.79 Å². The molecule has 9 heteroatoms. The molecule has 136 valence electrons. The Labute approximate surface area is 157 Å². The van der Waals surface area contributed by atoms with Crippen molar-refractivity contribution in [3.8, 4) is 11.5 Å². The number of halogens is 1. The van der Waals surface area contributed by atoms with E-state index in [0.29, 0.717) is 10.2 Å². The third kappa shape index (κ3) is 5.28. The summed E-state index contributed by atoms with van der Waals surface area (Å²) in [4.78, 5) is 21.9. The maximum atomic E-state index is 11.8. The van der Waals surface area contributed by atoms with Crippen molar-refractivity contribution >= 4 is 33.7 Å². The Bertz CT molecular complexity index is 863. The van der Waals surface area contributed by atoms with Gasteiger partial charge in [-0.05, 0) is 43.2 Å². The molecule has 2 aromatic carbocycles. The van der Waals surface area contributed by atoms with Gasteiger partial charge in [0.1, 0.15) is 5.75 Å². The average molecular weight is 422 g/mol. The van der Waals surface area contributed by atoms with Crippen LogP contribution in [0.1, 0.15) is 16.7 Å². The summed E-state index contributed by atoms with van der Waals surface area (Å²) in [6.07, 6.45) is 1.11. The van der Waals surface area contributed by atoms with Gasteiger partial charge in [0, 0.05) is 16.1 Å². The summed E-state index contributed by atoms with van der Waals surface area (Å²) in [5, 5.41) is 24.4. The van der Waals surface area contributed by atoms with Crippen LogP contribution in [-0.4, -0.2) is 28.8 Å². The number of hydrogen-bond acceptors (Lipinski definition) is 6. The predicted octanol–water partition coefficient (Wildman–Crippen LogP) is 3.21. The van der Waals surface area contributed by atoms with Gasteiger partial charge in [0.05, 0.1) is 11.1 Å². The minimum atomic E-state index is -0.715. The second-order valence-electron chi connectivity index (χ2n) is 5.53. The second-order valence-corrected chi connectivity index (χ2v) is 6.44. The Hall–Kier alpha value is -2.94. The van der Waals surface area contributed by atoms with Gasteiger partial charge in [-0.3, -0.25) is 14.9 Å². The maximum Gasteiger partial charge on any atom is 0.312 e. The topological polar surface area (TPSA) is 114 Å². The lowest BCUT2D eigenvalue weighted by Crippen LogP contribution is -2.24. The molecule has 1 amide bonds. The normalized spacial score (nSPS) is 10.7. The lowest BCUT2D eigenvalue weighted by atomic mass is 10.1. The van der Waals surface area contributed by atoms with Crippen molar-refractivity contribution in [3.05, 3.63) is 61.6 Å². The number of amides is 1. The van der Waals surface area contributed by atoms with Crippen molar-refractivity contribution in [2.45, 2.75) is 13.8 Å². The van der Waals surface area contributed by atoms with Gasteiger partial charge in [0.25, 0.3) is 5.91 Å². The van der Waals surface area contributed by atoms with E-state index in [-0.39, 0.29) is 12.2 Å². The summed E-state index contributed by atoms with van der Waals surface area (Å²) < 4.78 is 5.79. The van der Waals surface area contributed by atoms with Crippen LogP contribution in [0.4, 0.5) is 5.69 Å². The first-order valence-electron chi connectivity index (χ1n) is 7.46. The number of nitrogens with zero attached hydrogens (tertiary/aromatic N) is 2. The van der Waals surface area contributed by atoms with E-state index in [1.165, 1.54) is 12.1 Å². The molecule has 0 aliphatic carbocycles. The molecule has 0 aliphatic heterocycles. The van der Waals surface area contributed by atoms with E-state index in [9.17, 15) is 20.0 Å². The van der Waals surface area contributed by atoms with Crippen LogP contribution in [0.2, 0.25) is 0 Å².